The third-order valence-corrected chi connectivity index (χ3v) is 1.74. The van der Waals surface area contributed by atoms with Gasteiger partial charge in [0, 0.05) is 24.9 Å². The molecule has 2 rings (SSSR count). The van der Waals surface area contributed by atoms with Crippen molar-refractivity contribution in [1.82, 2.24) is 20.0 Å². The predicted octanol–water partition coefficient (Wildman–Crippen LogP) is 1.46. The maximum absolute atomic E-state index is 5.67. The Morgan fingerprint density at radius 2 is 2.42 bits per heavy atom. The first-order valence-electron chi connectivity index (χ1n) is 3.45. The molecule has 0 aliphatic rings. The highest BCUT2D eigenvalue weighted by Crippen LogP contribution is 2.17. The maximum atomic E-state index is 5.67. The molecule has 0 saturated heterocycles. The molecule has 2 aromatic rings. The quantitative estimate of drug-likeness (QED) is 0.726. The van der Waals surface area contributed by atoms with Crippen LogP contribution in [0, 0.1) is 0 Å². The second kappa shape index (κ2) is 2.64. The van der Waals surface area contributed by atoms with Crippen LogP contribution >= 0.6 is 11.6 Å². The van der Waals surface area contributed by atoms with Crippen molar-refractivity contribution >= 4 is 11.6 Å². The van der Waals surface area contributed by atoms with Crippen LogP contribution in [0.1, 0.15) is 0 Å². The zero-order chi connectivity index (χ0) is 8.55. The van der Waals surface area contributed by atoms with Crippen LogP contribution in [0.3, 0.4) is 0 Å². The molecule has 0 spiro atoms. The van der Waals surface area contributed by atoms with Gasteiger partial charge in [-0.25, -0.2) is 0 Å². The Morgan fingerprint density at radius 3 is 2.92 bits per heavy atom. The van der Waals surface area contributed by atoms with E-state index in [4.69, 9.17) is 11.6 Å². The second-order valence-electron chi connectivity index (χ2n) is 2.50. The van der Waals surface area contributed by atoms with Crippen LogP contribution in [-0.2, 0) is 7.05 Å². The SMILES string of the molecule is Cn1cc(-c2cc(Cl)[nH]n2)cn1. The highest BCUT2D eigenvalue weighted by molar-refractivity contribution is 6.29. The molecule has 62 valence electrons. The molecule has 0 saturated carbocycles. The lowest BCUT2D eigenvalue weighted by Gasteiger charge is -1.84. The molecular weight excluding hydrogens is 176 g/mol. The lowest BCUT2D eigenvalue weighted by atomic mass is 10.3. The third kappa shape index (κ3) is 1.21. The summed E-state index contributed by atoms with van der Waals surface area (Å²) in [7, 11) is 1.86. The van der Waals surface area contributed by atoms with Crippen molar-refractivity contribution in [1.29, 1.82) is 0 Å². The fraction of sp³-hybridized carbons (Fsp3) is 0.143. The Hall–Kier alpha value is -1.29. The largest absolute Gasteiger partial charge is 0.275 e. The number of aromatic amines is 1. The van der Waals surface area contributed by atoms with E-state index in [1.165, 1.54) is 0 Å². The van der Waals surface area contributed by atoms with Gasteiger partial charge in [-0.1, -0.05) is 11.6 Å². The number of hydrogen-bond donors (Lipinski definition) is 1. The van der Waals surface area contributed by atoms with Crippen LogP contribution in [0.5, 0.6) is 0 Å². The van der Waals surface area contributed by atoms with Crippen molar-refractivity contribution in [2.24, 2.45) is 7.05 Å². The fourth-order valence-corrected chi connectivity index (χ4v) is 1.15. The first-order valence-corrected chi connectivity index (χ1v) is 3.83. The van der Waals surface area contributed by atoms with Crippen molar-refractivity contribution in [2.45, 2.75) is 0 Å². The number of halogens is 1. The molecule has 2 heterocycles. The van der Waals surface area contributed by atoms with E-state index in [-0.39, 0.29) is 0 Å². The summed E-state index contributed by atoms with van der Waals surface area (Å²) in [5.41, 5.74) is 1.77. The van der Waals surface area contributed by atoms with Gasteiger partial charge in [-0.15, -0.1) is 0 Å². The average Bonchev–Trinajstić information content (AvgIpc) is 2.58. The van der Waals surface area contributed by atoms with Gasteiger partial charge in [0.05, 0.1) is 11.9 Å². The average molecular weight is 183 g/mol. The van der Waals surface area contributed by atoms with Gasteiger partial charge in [0.25, 0.3) is 0 Å². The van der Waals surface area contributed by atoms with Crippen LogP contribution in [0.15, 0.2) is 18.5 Å². The highest BCUT2D eigenvalue weighted by atomic mass is 35.5. The second-order valence-corrected chi connectivity index (χ2v) is 2.91. The highest BCUT2D eigenvalue weighted by Gasteiger charge is 2.03. The van der Waals surface area contributed by atoms with E-state index in [2.05, 4.69) is 15.3 Å². The van der Waals surface area contributed by atoms with Crippen molar-refractivity contribution in [2.75, 3.05) is 0 Å². The smallest absolute Gasteiger partial charge is 0.124 e. The van der Waals surface area contributed by atoms with Gasteiger partial charge in [-0.2, -0.15) is 10.2 Å². The Balaban J connectivity index is 2.43. The Kier molecular flexibility index (Phi) is 1.62. The molecule has 1 N–H and O–H groups in total. The molecule has 5 heteroatoms. The third-order valence-electron chi connectivity index (χ3n) is 1.55. The number of aromatic nitrogens is 4. The Morgan fingerprint density at radius 1 is 1.58 bits per heavy atom. The molecule has 0 aliphatic carbocycles. The van der Waals surface area contributed by atoms with E-state index in [0.717, 1.165) is 11.3 Å². The first-order chi connectivity index (χ1) is 5.75. The molecule has 0 unspecified atom stereocenters. The van der Waals surface area contributed by atoms with E-state index in [9.17, 15) is 0 Å². The van der Waals surface area contributed by atoms with Gasteiger partial charge in [0.15, 0.2) is 0 Å². The summed E-state index contributed by atoms with van der Waals surface area (Å²) >= 11 is 5.67. The normalized spacial score (nSPS) is 10.5. The van der Waals surface area contributed by atoms with E-state index >= 15 is 0 Å². The molecule has 2 aromatic heterocycles. The van der Waals surface area contributed by atoms with Crippen molar-refractivity contribution in [3.8, 4) is 11.3 Å². The molecule has 0 amide bonds. The van der Waals surface area contributed by atoms with Crippen LogP contribution in [0.25, 0.3) is 11.3 Å². The molecule has 0 aromatic carbocycles. The number of aryl methyl sites for hydroxylation is 1. The number of hydrogen-bond acceptors (Lipinski definition) is 2. The predicted molar refractivity (Wildman–Crippen MR) is 45.8 cm³/mol. The van der Waals surface area contributed by atoms with Crippen LogP contribution < -0.4 is 0 Å². The van der Waals surface area contributed by atoms with Gasteiger partial charge in [0.1, 0.15) is 5.15 Å². The monoisotopic (exact) mass is 182 g/mol. The molecule has 0 aliphatic heterocycles. The van der Waals surface area contributed by atoms with Crippen LogP contribution in [0.4, 0.5) is 0 Å². The Bertz CT molecular complexity index is 351. The number of rotatable bonds is 1. The van der Waals surface area contributed by atoms with E-state index in [1.54, 1.807) is 16.9 Å². The summed E-state index contributed by atoms with van der Waals surface area (Å²) in [5, 5.41) is 11.2. The first kappa shape index (κ1) is 7.36. The summed E-state index contributed by atoms with van der Waals surface area (Å²) in [6, 6.07) is 1.76. The molecule has 4 nitrogen and oxygen atoms in total. The zero-order valence-electron chi connectivity index (χ0n) is 6.45. The van der Waals surface area contributed by atoms with E-state index < -0.39 is 0 Å². The van der Waals surface area contributed by atoms with Crippen molar-refractivity contribution in [3.63, 3.8) is 0 Å². The number of H-pyrrole nitrogens is 1. The van der Waals surface area contributed by atoms with Gasteiger partial charge < -0.3 is 0 Å². The molecule has 0 bridgehead atoms. The lowest BCUT2D eigenvalue weighted by molar-refractivity contribution is 0.768. The number of nitrogens with zero attached hydrogens (tertiary/aromatic N) is 3. The fourth-order valence-electron chi connectivity index (χ4n) is 1.000. The molecule has 0 radical (unpaired) electrons. The van der Waals surface area contributed by atoms with Gasteiger partial charge in [0.2, 0.25) is 0 Å². The van der Waals surface area contributed by atoms with Crippen molar-refractivity contribution in [3.05, 3.63) is 23.6 Å². The summed E-state index contributed by atoms with van der Waals surface area (Å²) in [5.74, 6) is 0. The summed E-state index contributed by atoms with van der Waals surface area (Å²) in [6.45, 7) is 0. The molecule has 12 heavy (non-hydrogen) atoms. The molecule has 0 atom stereocenters. The van der Waals surface area contributed by atoms with Gasteiger partial charge >= 0.3 is 0 Å². The standard InChI is InChI=1S/C7H7ClN4/c1-12-4-5(3-9-12)6-2-7(8)11-10-6/h2-4H,1H3,(H,10,11). The molecular formula is C7H7ClN4. The minimum absolute atomic E-state index is 0.536. The topological polar surface area (TPSA) is 46.5 Å². The summed E-state index contributed by atoms with van der Waals surface area (Å²) in [6.07, 6.45) is 3.62. The zero-order valence-corrected chi connectivity index (χ0v) is 7.21. The lowest BCUT2D eigenvalue weighted by Crippen LogP contribution is -1.84. The van der Waals surface area contributed by atoms with E-state index in [0.29, 0.717) is 5.15 Å². The summed E-state index contributed by atoms with van der Waals surface area (Å²) in [4.78, 5) is 0. The van der Waals surface area contributed by atoms with Gasteiger partial charge in [-0.3, -0.25) is 9.78 Å². The minimum Gasteiger partial charge on any atom is -0.275 e. The Labute approximate surface area is 74.2 Å². The van der Waals surface area contributed by atoms with Crippen molar-refractivity contribution < 1.29 is 0 Å². The maximum Gasteiger partial charge on any atom is 0.124 e. The van der Waals surface area contributed by atoms with Crippen LogP contribution in [0.2, 0.25) is 5.15 Å². The summed E-state index contributed by atoms with van der Waals surface area (Å²) < 4.78 is 1.72. The molecule has 0 fully saturated rings. The van der Waals surface area contributed by atoms with E-state index in [1.807, 2.05) is 13.2 Å². The van der Waals surface area contributed by atoms with Crippen LogP contribution in [-0.4, -0.2) is 20.0 Å². The number of nitrogens with one attached hydrogen (secondary N) is 1. The van der Waals surface area contributed by atoms with Gasteiger partial charge in [-0.05, 0) is 0 Å². The minimum atomic E-state index is 0.536.